The predicted octanol–water partition coefficient (Wildman–Crippen LogP) is 4.37. The van der Waals surface area contributed by atoms with Crippen molar-refractivity contribution >= 4 is 27.3 Å². The zero-order valence-corrected chi connectivity index (χ0v) is 12.4. The Labute approximate surface area is 115 Å². The second-order valence-electron chi connectivity index (χ2n) is 4.31. The summed E-state index contributed by atoms with van der Waals surface area (Å²) in [5.74, 6) is 0. The number of hydrogen-bond donors (Lipinski definition) is 1. The van der Waals surface area contributed by atoms with Gasteiger partial charge in [0.1, 0.15) is 0 Å². The van der Waals surface area contributed by atoms with E-state index in [-0.39, 0.29) is 6.04 Å². The van der Waals surface area contributed by atoms with Crippen LogP contribution in [0.5, 0.6) is 0 Å². The first kappa shape index (κ1) is 12.8. The maximum absolute atomic E-state index is 6.29. The maximum Gasteiger partial charge on any atom is 0.0442 e. The van der Waals surface area contributed by atoms with Crippen molar-refractivity contribution in [1.82, 2.24) is 0 Å². The molecule has 0 amide bonds. The molecule has 2 rings (SSSR count). The molecule has 1 unspecified atom stereocenters. The van der Waals surface area contributed by atoms with Gasteiger partial charge in [-0.1, -0.05) is 24.3 Å². The smallest absolute Gasteiger partial charge is 0.0442 e. The van der Waals surface area contributed by atoms with Crippen LogP contribution in [-0.2, 0) is 6.42 Å². The number of nitrogens with two attached hydrogens (primary N) is 1. The molecule has 0 saturated carbocycles. The van der Waals surface area contributed by atoms with Gasteiger partial charge in [0.25, 0.3) is 0 Å². The van der Waals surface area contributed by atoms with Gasteiger partial charge < -0.3 is 5.73 Å². The van der Waals surface area contributed by atoms with E-state index in [0.29, 0.717) is 0 Å². The molecular formula is C14H16BrNS. The van der Waals surface area contributed by atoms with Gasteiger partial charge in [-0.15, -0.1) is 11.3 Å². The van der Waals surface area contributed by atoms with Gasteiger partial charge in [0.2, 0.25) is 0 Å². The normalized spacial score (nSPS) is 12.7. The lowest BCUT2D eigenvalue weighted by molar-refractivity contribution is 0.730. The highest BCUT2D eigenvalue weighted by atomic mass is 79.9. The van der Waals surface area contributed by atoms with Crippen LogP contribution in [0.25, 0.3) is 0 Å². The Hall–Kier alpha value is -0.640. The van der Waals surface area contributed by atoms with Gasteiger partial charge in [-0.2, -0.15) is 0 Å². The average Bonchev–Trinajstić information content (AvgIpc) is 2.61. The van der Waals surface area contributed by atoms with Gasteiger partial charge in [0.05, 0.1) is 0 Å². The first-order valence-corrected chi connectivity index (χ1v) is 7.25. The summed E-state index contributed by atoms with van der Waals surface area (Å²) >= 11 is 5.36. The lowest BCUT2D eigenvalue weighted by Gasteiger charge is -2.12. The Morgan fingerprint density at radius 1 is 1.29 bits per heavy atom. The summed E-state index contributed by atoms with van der Waals surface area (Å²) in [6.45, 7) is 4.25. The molecule has 0 spiro atoms. The van der Waals surface area contributed by atoms with Gasteiger partial charge >= 0.3 is 0 Å². The summed E-state index contributed by atoms with van der Waals surface area (Å²) in [4.78, 5) is 2.54. The first-order chi connectivity index (χ1) is 8.08. The minimum absolute atomic E-state index is 0.0733. The van der Waals surface area contributed by atoms with Gasteiger partial charge in [-0.3, -0.25) is 0 Å². The van der Waals surface area contributed by atoms with E-state index in [1.165, 1.54) is 20.9 Å². The Kier molecular flexibility index (Phi) is 4.02. The number of hydrogen-bond acceptors (Lipinski definition) is 2. The third kappa shape index (κ3) is 2.97. The van der Waals surface area contributed by atoms with Gasteiger partial charge in [-0.05, 0) is 53.4 Å². The van der Waals surface area contributed by atoms with E-state index in [4.69, 9.17) is 5.73 Å². The monoisotopic (exact) mass is 309 g/mol. The number of benzene rings is 1. The highest BCUT2D eigenvalue weighted by Crippen LogP contribution is 2.32. The van der Waals surface area contributed by atoms with Crippen molar-refractivity contribution in [2.45, 2.75) is 26.3 Å². The zero-order chi connectivity index (χ0) is 12.4. The molecular weight excluding hydrogens is 294 g/mol. The third-order valence-corrected chi connectivity index (χ3v) is 4.98. The van der Waals surface area contributed by atoms with Crippen molar-refractivity contribution in [3.8, 4) is 0 Å². The van der Waals surface area contributed by atoms with E-state index in [1.54, 1.807) is 11.3 Å². The maximum atomic E-state index is 6.29. The summed E-state index contributed by atoms with van der Waals surface area (Å²) in [5.41, 5.74) is 8.93. The van der Waals surface area contributed by atoms with Crippen molar-refractivity contribution in [2.75, 3.05) is 0 Å². The van der Waals surface area contributed by atoms with E-state index < -0.39 is 0 Å². The molecule has 3 heteroatoms. The largest absolute Gasteiger partial charge is 0.323 e. The van der Waals surface area contributed by atoms with Crippen LogP contribution >= 0.6 is 27.3 Å². The summed E-state index contributed by atoms with van der Waals surface area (Å²) in [6.07, 6.45) is 0.894. The summed E-state index contributed by atoms with van der Waals surface area (Å²) in [7, 11) is 0. The van der Waals surface area contributed by atoms with E-state index in [9.17, 15) is 0 Å². The van der Waals surface area contributed by atoms with Crippen LogP contribution in [0.2, 0.25) is 0 Å². The molecule has 0 aliphatic rings. The van der Waals surface area contributed by atoms with E-state index in [0.717, 1.165) is 10.9 Å². The zero-order valence-electron chi connectivity index (χ0n) is 10.0. The van der Waals surface area contributed by atoms with E-state index >= 15 is 0 Å². The molecule has 0 saturated heterocycles. The van der Waals surface area contributed by atoms with Crippen molar-refractivity contribution < 1.29 is 0 Å². The fourth-order valence-corrected chi connectivity index (χ4v) is 3.87. The fourth-order valence-electron chi connectivity index (χ4n) is 1.92. The molecule has 0 aliphatic heterocycles. The van der Waals surface area contributed by atoms with E-state index in [1.807, 2.05) is 0 Å². The molecule has 2 aromatic rings. The van der Waals surface area contributed by atoms with Crippen LogP contribution < -0.4 is 5.73 Å². The van der Waals surface area contributed by atoms with Crippen molar-refractivity contribution in [1.29, 1.82) is 0 Å². The number of halogens is 1. The standard InChI is InChI=1S/C14H16BrNS/c1-9-5-3-4-6-11(9)8-13(16)14-12(15)7-10(2)17-14/h3-7,13H,8,16H2,1-2H3. The van der Waals surface area contributed by atoms with Crippen LogP contribution in [0.4, 0.5) is 0 Å². The second kappa shape index (κ2) is 5.34. The molecule has 2 N–H and O–H groups in total. The molecule has 1 aromatic carbocycles. The third-order valence-electron chi connectivity index (χ3n) is 2.87. The lowest BCUT2D eigenvalue weighted by atomic mass is 10.0. The molecule has 1 nitrogen and oxygen atoms in total. The van der Waals surface area contributed by atoms with Crippen LogP contribution in [-0.4, -0.2) is 0 Å². The minimum atomic E-state index is 0.0733. The second-order valence-corrected chi connectivity index (χ2v) is 6.45. The number of rotatable bonds is 3. The lowest BCUT2D eigenvalue weighted by Crippen LogP contribution is -2.13. The Morgan fingerprint density at radius 3 is 2.59 bits per heavy atom. The average molecular weight is 310 g/mol. The highest BCUT2D eigenvalue weighted by molar-refractivity contribution is 9.10. The topological polar surface area (TPSA) is 26.0 Å². The van der Waals surface area contributed by atoms with Gasteiger partial charge in [0.15, 0.2) is 0 Å². The van der Waals surface area contributed by atoms with Crippen LogP contribution in [0.15, 0.2) is 34.8 Å². The minimum Gasteiger partial charge on any atom is -0.323 e. The summed E-state index contributed by atoms with van der Waals surface area (Å²) < 4.78 is 1.14. The molecule has 90 valence electrons. The van der Waals surface area contributed by atoms with Crippen molar-refractivity contribution in [3.05, 3.63) is 55.7 Å². The van der Waals surface area contributed by atoms with E-state index in [2.05, 4.69) is 60.1 Å². The molecule has 1 atom stereocenters. The molecule has 0 bridgehead atoms. The molecule has 1 heterocycles. The number of thiophene rings is 1. The molecule has 0 fully saturated rings. The Bertz CT molecular complexity index is 519. The molecule has 1 aromatic heterocycles. The summed E-state index contributed by atoms with van der Waals surface area (Å²) in [5, 5.41) is 0. The predicted molar refractivity (Wildman–Crippen MR) is 78.6 cm³/mol. The number of aryl methyl sites for hydroxylation is 2. The first-order valence-electron chi connectivity index (χ1n) is 5.64. The van der Waals surface area contributed by atoms with Crippen LogP contribution in [0.3, 0.4) is 0 Å². The van der Waals surface area contributed by atoms with Crippen molar-refractivity contribution in [2.24, 2.45) is 5.73 Å². The molecule has 17 heavy (non-hydrogen) atoms. The quantitative estimate of drug-likeness (QED) is 0.895. The van der Waals surface area contributed by atoms with Crippen LogP contribution in [0, 0.1) is 13.8 Å². The highest BCUT2D eigenvalue weighted by Gasteiger charge is 2.14. The van der Waals surface area contributed by atoms with Crippen molar-refractivity contribution in [3.63, 3.8) is 0 Å². The van der Waals surface area contributed by atoms with Gasteiger partial charge in [0, 0.05) is 20.3 Å². The molecule has 0 aliphatic carbocycles. The van der Waals surface area contributed by atoms with Crippen LogP contribution in [0.1, 0.15) is 26.9 Å². The molecule has 0 radical (unpaired) electrons. The Balaban J connectivity index is 2.20. The Morgan fingerprint density at radius 2 is 2.00 bits per heavy atom. The SMILES string of the molecule is Cc1cc(Br)c(C(N)Cc2ccccc2C)s1. The summed E-state index contributed by atoms with van der Waals surface area (Å²) in [6, 6.07) is 10.6. The van der Waals surface area contributed by atoms with Gasteiger partial charge in [-0.25, -0.2) is 0 Å². The fraction of sp³-hybridized carbons (Fsp3) is 0.286.